The Morgan fingerprint density at radius 3 is 2.81 bits per heavy atom. The van der Waals surface area contributed by atoms with Crippen LogP contribution in [-0.4, -0.2) is 17.4 Å². The number of nitrogens with zero attached hydrogens (tertiary/aromatic N) is 1. The van der Waals surface area contributed by atoms with E-state index in [-0.39, 0.29) is 11.3 Å². The molecule has 1 saturated carbocycles. The fraction of sp³-hybridized carbons (Fsp3) is 0.412. The third-order valence-electron chi connectivity index (χ3n) is 4.41. The molecule has 1 amide bonds. The maximum absolute atomic E-state index is 12.3. The van der Waals surface area contributed by atoms with Crippen LogP contribution in [0.4, 0.5) is 0 Å². The van der Waals surface area contributed by atoms with Crippen molar-refractivity contribution >= 4 is 28.3 Å². The van der Waals surface area contributed by atoms with Crippen molar-refractivity contribution in [3.8, 4) is 0 Å². The van der Waals surface area contributed by atoms with E-state index in [1.807, 2.05) is 24.3 Å². The van der Waals surface area contributed by atoms with E-state index in [0.29, 0.717) is 17.4 Å². The second-order valence-electron chi connectivity index (χ2n) is 6.22. The predicted molar refractivity (Wildman–Crippen MR) is 85.7 cm³/mol. The number of benzene rings is 1. The Labute approximate surface area is 129 Å². The van der Waals surface area contributed by atoms with E-state index in [1.54, 1.807) is 6.07 Å². The molecule has 3 rings (SSSR count). The minimum absolute atomic E-state index is 0.143. The van der Waals surface area contributed by atoms with Crippen LogP contribution >= 0.6 is 11.6 Å². The summed E-state index contributed by atoms with van der Waals surface area (Å²) in [5.74, 6) is -0.143. The van der Waals surface area contributed by atoms with Gasteiger partial charge in [0.2, 0.25) is 0 Å². The van der Waals surface area contributed by atoms with Gasteiger partial charge in [-0.15, -0.1) is 0 Å². The number of rotatable bonds is 3. The number of hydrogen-bond acceptors (Lipinski definition) is 2. The van der Waals surface area contributed by atoms with E-state index < -0.39 is 0 Å². The van der Waals surface area contributed by atoms with Gasteiger partial charge in [-0.3, -0.25) is 4.79 Å². The zero-order valence-corrected chi connectivity index (χ0v) is 12.9. The SMILES string of the molecule is CC1(CNC(=O)c2cc3ccccc3c(Cl)n2)CCCC1. The summed E-state index contributed by atoms with van der Waals surface area (Å²) in [5, 5.41) is 5.21. The average Bonchev–Trinajstić information content (AvgIpc) is 2.92. The molecule has 110 valence electrons. The van der Waals surface area contributed by atoms with Crippen LogP contribution in [0.25, 0.3) is 10.8 Å². The van der Waals surface area contributed by atoms with Crippen LogP contribution in [0.2, 0.25) is 5.15 Å². The molecule has 3 nitrogen and oxygen atoms in total. The van der Waals surface area contributed by atoms with Crippen LogP contribution in [0.15, 0.2) is 30.3 Å². The first-order valence-electron chi connectivity index (χ1n) is 7.41. The summed E-state index contributed by atoms with van der Waals surface area (Å²) in [6.45, 7) is 2.94. The Morgan fingerprint density at radius 2 is 2.05 bits per heavy atom. The van der Waals surface area contributed by atoms with Crippen molar-refractivity contribution < 1.29 is 4.79 Å². The molecule has 0 atom stereocenters. The Morgan fingerprint density at radius 1 is 1.33 bits per heavy atom. The van der Waals surface area contributed by atoms with Gasteiger partial charge in [-0.2, -0.15) is 0 Å². The largest absolute Gasteiger partial charge is 0.350 e. The van der Waals surface area contributed by atoms with Crippen molar-refractivity contribution in [2.24, 2.45) is 5.41 Å². The van der Waals surface area contributed by atoms with Gasteiger partial charge in [0.05, 0.1) is 0 Å². The summed E-state index contributed by atoms with van der Waals surface area (Å²) in [6.07, 6.45) is 4.87. The quantitative estimate of drug-likeness (QED) is 0.863. The lowest BCUT2D eigenvalue weighted by Gasteiger charge is -2.23. The summed E-state index contributed by atoms with van der Waals surface area (Å²) in [5.41, 5.74) is 0.622. The number of pyridine rings is 1. The lowest BCUT2D eigenvalue weighted by atomic mass is 9.89. The van der Waals surface area contributed by atoms with Crippen LogP contribution < -0.4 is 5.32 Å². The third kappa shape index (κ3) is 3.03. The molecule has 0 spiro atoms. The maximum Gasteiger partial charge on any atom is 0.269 e. The molecular weight excluding hydrogens is 284 g/mol. The van der Waals surface area contributed by atoms with E-state index in [2.05, 4.69) is 17.2 Å². The molecule has 1 aromatic carbocycles. The number of carbonyl (C=O) groups is 1. The summed E-state index contributed by atoms with van der Waals surface area (Å²) < 4.78 is 0. The fourth-order valence-corrected chi connectivity index (χ4v) is 3.33. The zero-order chi connectivity index (χ0) is 14.9. The second kappa shape index (κ2) is 5.64. The molecule has 1 heterocycles. The highest BCUT2D eigenvalue weighted by molar-refractivity contribution is 6.34. The van der Waals surface area contributed by atoms with Crippen molar-refractivity contribution in [2.75, 3.05) is 6.54 Å². The van der Waals surface area contributed by atoms with Gasteiger partial charge >= 0.3 is 0 Å². The molecule has 0 radical (unpaired) electrons. The molecule has 0 bridgehead atoms. The minimum atomic E-state index is -0.143. The number of hydrogen-bond donors (Lipinski definition) is 1. The van der Waals surface area contributed by atoms with Crippen molar-refractivity contribution in [1.82, 2.24) is 10.3 Å². The van der Waals surface area contributed by atoms with Gasteiger partial charge in [0.15, 0.2) is 0 Å². The molecular formula is C17H19ClN2O. The van der Waals surface area contributed by atoms with Crippen LogP contribution in [0, 0.1) is 5.41 Å². The van der Waals surface area contributed by atoms with Gasteiger partial charge in [-0.05, 0) is 29.7 Å². The predicted octanol–water partition coefficient (Wildman–Crippen LogP) is 4.20. The molecule has 1 aliphatic carbocycles. The van der Waals surface area contributed by atoms with Gasteiger partial charge in [0, 0.05) is 11.9 Å². The Kier molecular flexibility index (Phi) is 3.85. The molecule has 1 aromatic heterocycles. The van der Waals surface area contributed by atoms with Crippen LogP contribution in [0.3, 0.4) is 0 Å². The molecule has 1 N–H and O–H groups in total. The normalized spacial score (nSPS) is 17.0. The van der Waals surface area contributed by atoms with Crippen molar-refractivity contribution in [3.05, 3.63) is 41.2 Å². The molecule has 2 aromatic rings. The van der Waals surface area contributed by atoms with Gasteiger partial charge in [-0.25, -0.2) is 4.98 Å². The molecule has 0 aliphatic heterocycles. The fourth-order valence-electron chi connectivity index (χ4n) is 3.06. The molecule has 1 fully saturated rings. The summed E-state index contributed by atoms with van der Waals surface area (Å²) in [7, 11) is 0. The van der Waals surface area contributed by atoms with Gasteiger partial charge in [0.1, 0.15) is 10.8 Å². The smallest absolute Gasteiger partial charge is 0.269 e. The third-order valence-corrected chi connectivity index (χ3v) is 4.70. The molecule has 0 unspecified atom stereocenters. The molecule has 0 saturated heterocycles. The van der Waals surface area contributed by atoms with E-state index >= 15 is 0 Å². The maximum atomic E-state index is 12.3. The number of fused-ring (bicyclic) bond motifs is 1. The van der Waals surface area contributed by atoms with Crippen molar-refractivity contribution in [2.45, 2.75) is 32.6 Å². The summed E-state index contributed by atoms with van der Waals surface area (Å²) in [6, 6.07) is 9.49. The highest BCUT2D eigenvalue weighted by Crippen LogP contribution is 2.36. The van der Waals surface area contributed by atoms with Crippen LogP contribution in [0.1, 0.15) is 43.1 Å². The first kappa shape index (κ1) is 14.3. The monoisotopic (exact) mass is 302 g/mol. The average molecular weight is 303 g/mol. The highest BCUT2D eigenvalue weighted by Gasteiger charge is 2.29. The van der Waals surface area contributed by atoms with Gasteiger partial charge in [-0.1, -0.05) is 55.6 Å². The number of carbonyl (C=O) groups excluding carboxylic acids is 1. The summed E-state index contributed by atoms with van der Waals surface area (Å²) in [4.78, 5) is 16.5. The number of amides is 1. The highest BCUT2D eigenvalue weighted by atomic mass is 35.5. The Balaban J connectivity index is 1.78. The van der Waals surface area contributed by atoms with E-state index in [9.17, 15) is 4.79 Å². The molecule has 1 aliphatic rings. The first-order chi connectivity index (χ1) is 10.1. The lowest BCUT2D eigenvalue weighted by Crippen LogP contribution is -2.34. The van der Waals surface area contributed by atoms with Crippen LogP contribution in [0.5, 0.6) is 0 Å². The number of aromatic nitrogens is 1. The van der Waals surface area contributed by atoms with Crippen LogP contribution in [-0.2, 0) is 0 Å². The van der Waals surface area contributed by atoms with Crippen molar-refractivity contribution in [3.63, 3.8) is 0 Å². The van der Waals surface area contributed by atoms with Gasteiger partial charge in [0.25, 0.3) is 5.91 Å². The van der Waals surface area contributed by atoms with Crippen molar-refractivity contribution in [1.29, 1.82) is 0 Å². The summed E-state index contributed by atoms with van der Waals surface area (Å²) >= 11 is 6.17. The Bertz CT molecular complexity index is 678. The van der Waals surface area contributed by atoms with Gasteiger partial charge < -0.3 is 5.32 Å². The lowest BCUT2D eigenvalue weighted by molar-refractivity contribution is 0.0929. The molecule has 21 heavy (non-hydrogen) atoms. The second-order valence-corrected chi connectivity index (χ2v) is 6.58. The number of halogens is 1. The number of nitrogens with one attached hydrogen (secondary N) is 1. The zero-order valence-electron chi connectivity index (χ0n) is 12.2. The first-order valence-corrected chi connectivity index (χ1v) is 7.79. The standard InChI is InChI=1S/C17H19ClN2O/c1-17(8-4-5-9-17)11-19-16(21)14-10-12-6-2-3-7-13(12)15(18)20-14/h2-3,6-7,10H,4-5,8-9,11H2,1H3,(H,19,21). The molecule has 4 heteroatoms. The van der Waals surface area contributed by atoms with E-state index in [0.717, 1.165) is 10.8 Å². The minimum Gasteiger partial charge on any atom is -0.350 e. The topological polar surface area (TPSA) is 42.0 Å². The Hall–Kier alpha value is -1.61. The van der Waals surface area contributed by atoms with E-state index in [1.165, 1.54) is 25.7 Å². The van der Waals surface area contributed by atoms with E-state index in [4.69, 9.17) is 11.6 Å².